The molecule has 3 heteroatoms. The summed E-state index contributed by atoms with van der Waals surface area (Å²) in [5.41, 5.74) is 6.22. The predicted molar refractivity (Wildman–Crippen MR) is 46.9 cm³/mol. The van der Waals surface area contributed by atoms with E-state index in [0.29, 0.717) is 6.42 Å². The van der Waals surface area contributed by atoms with Crippen LogP contribution in [0.25, 0.3) is 0 Å². The average molecular weight is 167 g/mol. The molecular formula is C9H13NO2. The second kappa shape index (κ2) is 4.09. The number of nitrogens with two attached hydrogens (primary N) is 1. The first kappa shape index (κ1) is 9.03. The van der Waals surface area contributed by atoms with Gasteiger partial charge in [0.05, 0.1) is 7.11 Å². The molecule has 12 heavy (non-hydrogen) atoms. The SMILES string of the molecule is COc1ccc(CC(N)O)cc1. The third-order valence-corrected chi connectivity index (χ3v) is 1.60. The molecule has 0 spiro atoms. The number of rotatable bonds is 3. The molecule has 1 rings (SSSR count). The van der Waals surface area contributed by atoms with Gasteiger partial charge in [-0.15, -0.1) is 0 Å². The maximum atomic E-state index is 8.88. The monoisotopic (exact) mass is 167 g/mol. The molecule has 0 saturated heterocycles. The van der Waals surface area contributed by atoms with Crippen molar-refractivity contribution in [3.63, 3.8) is 0 Å². The summed E-state index contributed by atoms with van der Waals surface area (Å²) < 4.78 is 4.98. The molecule has 3 nitrogen and oxygen atoms in total. The predicted octanol–water partition coefficient (Wildman–Crippen LogP) is 0.515. The lowest BCUT2D eigenvalue weighted by molar-refractivity contribution is 0.183. The van der Waals surface area contributed by atoms with Crippen LogP contribution in [0.15, 0.2) is 24.3 Å². The zero-order chi connectivity index (χ0) is 8.97. The summed E-state index contributed by atoms with van der Waals surface area (Å²) in [6.07, 6.45) is -0.303. The van der Waals surface area contributed by atoms with Crippen LogP contribution < -0.4 is 10.5 Å². The fourth-order valence-electron chi connectivity index (χ4n) is 1.00. The number of hydrogen-bond acceptors (Lipinski definition) is 3. The van der Waals surface area contributed by atoms with E-state index in [-0.39, 0.29) is 0 Å². The van der Waals surface area contributed by atoms with E-state index in [4.69, 9.17) is 15.6 Å². The van der Waals surface area contributed by atoms with E-state index >= 15 is 0 Å². The van der Waals surface area contributed by atoms with Gasteiger partial charge in [0.1, 0.15) is 12.0 Å². The topological polar surface area (TPSA) is 55.5 Å². The molecule has 0 bridgehead atoms. The van der Waals surface area contributed by atoms with E-state index in [1.807, 2.05) is 24.3 Å². The average Bonchev–Trinajstić information content (AvgIpc) is 2.05. The molecule has 0 aliphatic heterocycles. The lowest BCUT2D eigenvalue weighted by Gasteiger charge is -2.04. The van der Waals surface area contributed by atoms with Gasteiger partial charge >= 0.3 is 0 Å². The highest BCUT2D eigenvalue weighted by Crippen LogP contribution is 2.11. The quantitative estimate of drug-likeness (QED) is 0.645. The van der Waals surface area contributed by atoms with Crippen LogP contribution in [0.2, 0.25) is 0 Å². The molecule has 1 atom stereocenters. The minimum Gasteiger partial charge on any atom is -0.497 e. The van der Waals surface area contributed by atoms with Crippen molar-refractivity contribution in [1.82, 2.24) is 0 Å². The van der Waals surface area contributed by atoms with Crippen molar-refractivity contribution < 1.29 is 9.84 Å². The van der Waals surface area contributed by atoms with Crippen molar-refractivity contribution in [2.45, 2.75) is 12.6 Å². The highest BCUT2D eigenvalue weighted by Gasteiger charge is 1.98. The molecule has 1 aromatic rings. The Morgan fingerprint density at radius 2 is 2.00 bits per heavy atom. The summed E-state index contributed by atoms with van der Waals surface area (Å²) in [7, 11) is 1.62. The minimum atomic E-state index is -0.779. The highest BCUT2D eigenvalue weighted by atomic mass is 16.5. The molecule has 1 unspecified atom stereocenters. The lowest BCUT2D eigenvalue weighted by atomic mass is 10.1. The number of aliphatic hydroxyl groups excluding tert-OH is 1. The molecule has 0 aromatic heterocycles. The van der Waals surface area contributed by atoms with Crippen molar-refractivity contribution >= 4 is 0 Å². The maximum Gasteiger partial charge on any atom is 0.118 e. The van der Waals surface area contributed by atoms with Crippen LogP contribution in [0.4, 0.5) is 0 Å². The van der Waals surface area contributed by atoms with Crippen molar-refractivity contribution in [2.75, 3.05) is 7.11 Å². The largest absolute Gasteiger partial charge is 0.497 e. The van der Waals surface area contributed by atoms with E-state index in [0.717, 1.165) is 11.3 Å². The van der Waals surface area contributed by atoms with Gasteiger partial charge in [0.25, 0.3) is 0 Å². The van der Waals surface area contributed by atoms with Crippen LogP contribution >= 0.6 is 0 Å². The van der Waals surface area contributed by atoms with Gasteiger partial charge in [-0.25, -0.2) is 0 Å². The van der Waals surface area contributed by atoms with Crippen molar-refractivity contribution in [1.29, 1.82) is 0 Å². The molecule has 66 valence electrons. The number of hydrogen-bond donors (Lipinski definition) is 2. The third-order valence-electron chi connectivity index (χ3n) is 1.60. The zero-order valence-corrected chi connectivity index (χ0v) is 7.03. The lowest BCUT2D eigenvalue weighted by Crippen LogP contribution is -2.21. The first-order chi connectivity index (χ1) is 5.72. The standard InChI is InChI=1S/C9H13NO2/c1-12-8-4-2-7(3-5-8)6-9(10)11/h2-5,9,11H,6,10H2,1H3. The Morgan fingerprint density at radius 3 is 2.42 bits per heavy atom. The van der Waals surface area contributed by atoms with Gasteiger partial charge in [-0.2, -0.15) is 0 Å². The van der Waals surface area contributed by atoms with Crippen LogP contribution in [0.3, 0.4) is 0 Å². The Hall–Kier alpha value is -1.06. The van der Waals surface area contributed by atoms with Crippen LogP contribution in [-0.4, -0.2) is 18.4 Å². The van der Waals surface area contributed by atoms with Gasteiger partial charge in [0, 0.05) is 6.42 Å². The summed E-state index contributed by atoms with van der Waals surface area (Å²) in [6.45, 7) is 0. The van der Waals surface area contributed by atoms with Gasteiger partial charge in [-0.1, -0.05) is 12.1 Å². The van der Waals surface area contributed by atoms with Crippen molar-refractivity contribution in [2.24, 2.45) is 5.73 Å². The Bertz CT molecular complexity index is 231. The fraction of sp³-hybridized carbons (Fsp3) is 0.333. The molecule has 3 N–H and O–H groups in total. The molecule has 0 aliphatic rings. The van der Waals surface area contributed by atoms with E-state index in [1.54, 1.807) is 7.11 Å². The number of benzene rings is 1. The Morgan fingerprint density at radius 1 is 1.42 bits per heavy atom. The molecule has 0 fully saturated rings. The number of methoxy groups -OCH3 is 1. The van der Waals surface area contributed by atoms with Crippen LogP contribution in [-0.2, 0) is 6.42 Å². The summed E-state index contributed by atoms with van der Waals surface area (Å²) in [5, 5.41) is 8.88. The molecule has 0 saturated carbocycles. The van der Waals surface area contributed by atoms with Gasteiger partial charge in [-0.3, -0.25) is 0 Å². The summed E-state index contributed by atoms with van der Waals surface area (Å²) in [4.78, 5) is 0. The van der Waals surface area contributed by atoms with Crippen molar-refractivity contribution in [3.05, 3.63) is 29.8 Å². The first-order valence-corrected chi connectivity index (χ1v) is 3.79. The Labute approximate surface area is 71.8 Å². The molecule has 0 radical (unpaired) electrons. The highest BCUT2D eigenvalue weighted by molar-refractivity contribution is 5.27. The second-order valence-corrected chi connectivity index (χ2v) is 2.62. The Balaban J connectivity index is 2.65. The minimum absolute atomic E-state index is 0.476. The summed E-state index contributed by atoms with van der Waals surface area (Å²) in [6, 6.07) is 7.46. The van der Waals surface area contributed by atoms with Gasteiger partial charge in [0.2, 0.25) is 0 Å². The smallest absolute Gasteiger partial charge is 0.118 e. The van der Waals surface area contributed by atoms with Crippen molar-refractivity contribution in [3.8, 4) is 5.75 Å². The third kappa shape index (κ3) is 2.53. The van der Waals surface area contributed by atoms with Crippen LogP contribution in [0.1, 0.15) is 5.56 Å². The van der Waals surface area contributed by atoms with Crippen LogP contribution in [0.5, 0.6) is 5.75 Å². The molecule has 0 heterocycles. The molecule has 1 aromatic carbocycles. The molecular weight excluding hydrogens is 154 g/mol. The fourth-order valence-corrected chi connectivity index (χ4v) is 1.00. The summed E-state index contributed by atoms with van der Waals surface area (Å²) in [5.74, 6) is 0.810. The number of ether oxygens (including phenoxy) is 1. The van der Waals surface area contributed by atoms with E-state index in [2.05, 4.69) is 0 Å². The van der Waals surface area contributed by atoms with Gasteiger partial charge in [0.15, 0.2) is 0 Å². The Kier molecular flexibility index (Phi) is 3.08. The van der Waals surface area contributed by atoms with E-state index in [9.17, 15) is 0 Å². The first-order valence-electron chi connectivity index (χ1n) is 3.79. The van der Waals surface area contributed by atoms with Gasteiger partial charge < -0.3 is 15.6 Å². The molecule has 0 aliphatic carbocycles. The van der Waals surface area contributed by atoms with Crippen LogP contribution in [0, 0.1) is 0 Å². The maximum absolute atomic E-state index is 8.88. The summed E-state index contributed by atoms with van der Waals surface area (Å²) >= 11 is 0. The normalized spacial score (nSPS) is 12.6. The second-order valence-electron chi connectivity index (χ2n) is 2.62. The molecule has 0 amide bonds. The number of aliphatic hydroxyl groups is 1. The zero-order valence-electron chi connectivity index (χ0n) is 7.03. The van der Waals surface area contributed by atoms with E-state index < -0.39 is 6.23 Å². The van der Waals surface area contributed by atoms with Gasteiger partial charge in [-0.05, 0) is 17.7 Å². The van der Waals surface area contributed by atoms with E-state index in [1.165, 1.54) is 0 Å².